The van der Waals surface area contributed by atoms with Crippen LogP contribution in [0.3, 0.4) is 0 Å². The van der Waals surface area contributed by atoms with Gasteiger partial charge in [0.15, 0.2) is 0 Å². The van der Waals surface area contributed by atoms with E-state index in [9.17, 15) is 4.79 Å². The monoisotopic (exact) mass is 288 g/mol. The molecule has 1 aliphatic heterocycles. The molecule has 2 rings (SSSR count). The van der Waals surface area contributed by atoms with Crippen molar-refractivity contribution in [3.63, 3.8) is 0 Å². The Morgan fingerprint density at radius 3 is 3.00 bits per heavy atom. The first-order chi connectivity index (χ1) is 9.91. The molecule has 1 saturated heterocycles. The van der Waals surface area contributed by atoms with Crippen molar-refractivity contribution in [3.8, 4) is 11.8 Å². The highest BCUT2D eigenvalue weighted by molar-refractivity contribution is 5.94. The molecule has 0 spiro atoms. The van der Waals surface area contributed by atoms with Gasteiger partial charge in [-0.05, 0) is 26.8 Å². The van der Waals surface area contributed by atoms with Crippen molar-refractivity contribution in [2.75, 3.05) is 19.7 Å². The number of aliphatic hydroxyl groups excluding tert-OH is 1. The van der Waals surface area contributed by atoms with Gasteiger partial charge in [0.05, 0.1) is 17.3 Å². The van der Waals surface area contributed by atoms with E-state index >= 15 is 0 Å². The van der Waals surface area contributed by atoms with E-state index in [1.54, 1.807) is 23.4 Å². The lowest BCUT2D eigenvalue weighted by Gasteiger charge is -2.41. The van der Waals surface area contributed by atoms with Gasteiger partial charge in [-0.1, -0.05) is 11.8 Å². The van der Waals surface area contributed by atoms with Gasteiger partial charge in [-0.15, -0.1) is 0 Å². The number of ether oxygens (including phenoxy) is 1. The standard InChI is InChI=1S/C16H20N2O3/c1-12-10-18(11-16(2,3)21-12)15(20)14-7-13(5-4-6-19)8-17-9-14/h7-9,12,19H,6,10-11H2,1-3H3. The second kappa shape index (κ2) is 6.25. The number of amides is 1. The zero-order valence-corrected chi connectivity index (χ0v) is 12.6. The van der Waals surface area contributed by atoms with Gasteiger partial charge in [-0.25, -0.2) is 0 Å². The largest absolute Gasteiger partial charge is 0.384 e. The molecule has 112 valence electrons. The fourth-order valence-corrected chi connectivity index (χ4v) is 2.56. The van der Waals surface area contributed by atoms with Crippen molar-refractivity contribution in [2.24, 2.45) is 0 Å². The zero-order chi connectivity index (χ0) is 15.5. The predicted octanol–water partition coefficient (Wildman–Crippen LogP) is 1.06. The van der Waals surface area contributed by atoms with E-state index < -0.39 is 0 Å². The van der Waals surface area contributed by atoms with Gasteiger partial charge in [0.25, 0.3) is 5.91 Å². The summed E-state index contributed by atoms with van der Waals surface area (Å²) in [4.78, 5) is 18.4. The van der Waals surface area contributed by atoms with Crippen LogP contribution in [0.1, 0.15) is 36.7 Å². The number of pyridine rings is 1. The van der Waals surface area contributed by atoms with Crippen molar-refractivity contribution in [1.29, 1.82) is 0 Å². The van der Waals surface area contributed by atoms with Crippen LogP contribution in [-0.4, -0.2) is 52.3 Å². The van der Waals surface area contributed by atoms with E-state index in [0.29, 0.717) is 24.2 Å². The minimum absolute atomic E-state index is 0.00280. The van der Waals surface area contributed by atoms with Crippen molar-refractivity contribution < 1.29 is 14.6 Å². The average molecular weight is 288 g/mol. The van der Waals surface area contributed by atoms with Gasteiger partial charge in [0.2, 0.25) is 0 Å². The van der Waals surface area contributed by atoms with Crippen LogP contribution in [-0.2, 0) is 4.74 Å². The highest BCUT2D eigenvalue weighted by Gasteiger charge is 2.34. The highest BCUT2D eigenvalue weighted by Crippen LogP contribution is 2.22. The van der Waals surface area contributed by atoms with Crippen LogP contribution in [0, 0.1) is 11.8 Å². The summed E-state index contributed by atoms with van der Waals surface area (Å²) in [7, 11) is 0. The molecule has 1 aliphatic rings. The third kappa shape index (κ3) is 4.03. The van der Waals surface area contributed by atoms with Crippen LogP contribution in [0.25, 0.3) is 0 Å². The Hall–Kier alpha value is -1.90. The number of hydrogen-bond donors (Lipinski definition) is 1. The highest BCUT2D eigenvalue weighted by atomic mass is 16.5. The molecule has 0 aromatic carbocycles. The van der Waals surface area contributed by atoms with Crippen molar-refractivity contribution >= 4 is 5.91 Å². The molecule has 0 aliphatic carbocycles. The molecule has 2 heterocycles. The molecule has 0 saturated carbocycles. The SMILES string of the molecule is CC1CN(C(=O)c2cncc(C#CCO)c2)CC(C)(C)O1. The molecule has 1 aromatic heterocycles. The Labute approximate surface area is 124 Å². The topological polar surface area (TPSA) is 62.7 Å². The lowest BCUT2D eigenvalue weighted by atomic mass is 10.0. The van der Waals surface area contributed by atoms with Gasteiger partial charge in [0.1, 0.15) is 6.61 Å². The third-order valence-electron chi connectivity index (χ3n) is 3.15. The zero-order valence-electron chi connectivity index (χ0n) is 12.6. The number of hydrogen-bond acceptors (Lipinski definition) is 4. The molecule has 1 N–H and O–H groups in total. The Kier molecular flexibility index (Phi) is 4.61. The van der Waals surface area contributed by atoms with E-state index in [1.807, 2.05) is 20.8 Å². The molecule has 1 aromatic rings. The average Bonchev–Trinajstić information content (AvgIpc) is 2.42. The van der Waals surface area contributed by atoms with E-state index in [1.165, 1.54) is 0 Å². The van der Waals surface area contributed by atoms with Crippen LogP contribution < -0.4 is 0 Å². The van der Waals surface area contributed by atoms with E-state index in [0.717, 1.165) is 0 Å². The predicted molar refractivity (Wildman–Crippen MR) is 78.7 cm³/mol. The van der Waals surface area contributed by atoms with Gasteiger partial charge < -0.3 is 14.7 Å². The number of nitrogens with zero attached hydrogens (tertiary/aromatic N) is 2. The molecule has 5 nitrogen and oxygen atoms in total. The fraction of sp³-hybridized carbons (Fsp3) is 0.500. The molecule has 5 heteroatoms. The Balaban J connectivity index is 2.19. The molecule has 21 heavy (non-hydrogen) atoms. The van der Waals surface area contributed by atoms with Gasteiger partial charge in [0, 0.05) is 31.0 Å². The van der Waals surface area contributed by atoms with Crippen molar-refractivity contribution in [1.82, 2.24) is 9.88 Å². The summed E-state index contributed by atoms with van der Waals surface area (Å²) in [5.74, 6) is 5.24. The first-order valence-corrected chi connectivity index (χ1v) is 6.93. The maximum absolute atomic E-state index is 12.6. The van der Waals surface area contributed by atoms with Gasteiger partial charge in [-0.2, -0.15) is 0 Å². The van der Waals surface area contributed by atoms with Crippen LogP contribution >= 0.6 is 0 Å². The summed E-state index contributed by atoms with van der Waals surface area (Å²) in [6.45, 7) is 6.81. The molecular formula is C16H20N2O3. The second-order valence-corrected chi connectivity index (χ2v) is 5.80. The minimum atomic E-state index is -0.352. The number of carbonyl (C=O) groups excluding carboxylic acids is 1. The Morgan fingerprint density at radius 2 is 2.33 bits per heavy atom. The molecule has 0 bridgehead atoms. The number of rotatable bonds is 1. The number of morpholine rings is 1. The summed E-state index contributed by atoms with van der Waals surface area (Å²) < 4.78 is 5.81. The van der Waals surface area contributed by atoms with Gasteiger partial charge in [-0.3, -0.25) is 9.78 Å². The van der Waals surface area contributed by atoms with Gasteiger partial charge >= 0.3 is 0 Å². The minimum Gasteiger partial charge on any atom is -0.384 e. The van der Waals surface area contributed by atoms with Crippen molar-refractivity contribution in [3.05, 3.63) is 29.6 Å². The summed E-state index contributed by atoms with van der Waals surface area (Å²) >= 11 is 0. The number of carbonyl (C=O) groups is 1. The summed E-state index contributed by atoms with van der Waals surface area (Å²) in [5.41, 5.74) is 0.773. The lowest BCUT2D eigenvalue weighted by Crippen LogP contribution is -2.53. The third-order valence-corrected chi connectivity index (χ3v) is 3.15. The fourth-order valence-electron chi connectivity index (χ4n) is 2.56. The second-order valence-electron chi connectivity index (χ2n) is 5.80. The van der Waals surface area contributed by atoms with E-state index in [4.69, 9.17) is 9.84 Å². The first-order valence-electron chi connectivity index (χ1n) is 6.93. The maximum Gasteiger partial charge on any atom is 0.255 e. The summed E-state index contributed by atoms with van der Waals surface area (Å²) in [6.07, 6.45) is 3.12. The Morgan fingerprint density at radius 1 is 1.57 bits per heavy atom. The normalized spacial score (nSPS) is 20.6. The molecule has 1 amide bonds. The van der Waals surface area contributed by atoms with Crippen molar-refractivity contribution in [2.45, 2.75) is 32.5 Å². The first kappa shape index (κ1) is 15.5. The Bertz CT molecular complexity index is 587. The number of aliphatic hydroxyl groups is 1. The van der Waals surface area contributed by atoms with E-state index in [2.05, 4.69) is 16.8 Å². The molecule has 1 fully saturated rings. The van der Waals surface area contributed by atoms with Crippen LogP contribution in [0.4, 0.5) is 0 Å². The maximum atomic E-state index is 12.6. The van der Waals surface area contributed by atoms with Crippen LogP contribution in [0.2, 0.25) is 0 Å². The molecule has 1 unspecified atom stereocenters. The summed E-state index contributed by atoms with van der Waals surface area (Å²) in [6, 6.07) is 1.70. The summed E-state index contributed by atoms with van der Waals surface area (Å²) in [5, 5.41) is 8.71. The number of aromatic nitrogens is 1. The lowest BCUT2D eigenvalue weighted by molar-refractivity contribution is -0.118. The van der Waals surface area contributed by atoms with E-state index in [-0.39, 0.29) is 24.2 Å². The quantitative estimate of drug-likeness (QED) is 0.785. The smallest absolute Gasteiger partial charge is 0.255 e. The molecular weight excluding hydrogens is 268 g/mol. The molecule has 1 atom stereocenters. The van der Waals surface area contributed by atoms with Crippen LogP contribution in [0.15, 0.2) is 18.5 Å². The van der Waals surface area contributed by atoms with Crippen LogP contribution in [0.5, 0.6) is 0 Å². The molecule has 0 radical (unpaired) electrons.